The molecule has 0 radical (unpaired) electrons. The second-order valence-corrected chi connectivity index (χ2v) is 11.9. The number of hydrogen-bond acceptors (Lipinski definition) is 9. The van der Waals surface area contributed by atoms with E-state index < -0.39 is 18.0 Å². The van der Waals surface area contributed by atoms with Crippen molar-refractivity contribution in [2.45, 2.75) is 17.9 Å². The van der Waals surface area contributed by atoms with Crippen molar-refractivity contribution in [2.75, 3.05) is 20.0 Å². The fraction of sp³-hybridized carbons (Fsp3) is 0.143. The summed E-state index contributed by atoms with van der Waals surface area (Å²) < 4.78 is 18.4. The van der Waals surface area contributed by atoms with Crippen molar-refractivity contribution in [1.82, 2.24) is 4.57 Å². The van der Waals surface area contributed by atoms with E-state index in [2.05, 4.69) is 0 Å². The number of esters is 2. The van der Waals surface area contributed by atoms with Gasteiger partial charge in [-0.05, 0) is 55.1 Å². The van der Waals surface area contributed by atoms with E-state index in [-0.39, 0.29) is 12.2 Å². The SMILES string of the molecule is CCOC(=O)C1=C(c2ccccc2)N=c2s/c(=C\c3ccc(-c4cccc(C(=O)OC)c4)o3)c(=O)n2[C@H]1c1ccc(SC)cc1. The highest BCUT2D eigenvalue weighted by molar-refractivity contribution is 7.98. The minimum atomic E-state index is -0.762. The number of carbonyl (C=O) groups excluding carboxylic acids is 2. The predicted octanol–water partition coefficient (Wildman–Crippen LogP) is 5.70. The van der Waals surface area contributed by atoms with Crippen LogP contribution >= 0.6 is 23.1 Å². The van der Waals surface area contributed by atoms with Crippen LogP contribution in [0.4, 0.5) is 0 Å². The summed E-state index contributed by atoms with van der Waals surface area (Å²) >= 11 is 2.83. The molecule has 0 saturated heterocycles. The number of ether oxygens (including phenoxy) is 2. The summed E-state index contributed by atoms with van der Waals surface area (Å²) in [7, 11) is 1.33. The smallest absolute Gasteiger partial charge is 0.338 e. The molecule has 0 aliphatic carbocycles. The fourth-order valence-corrected chi connectivity index (χ4v) is 6.56. The van der Waals surface area contributed by atoms with Crippen molar-refractivity contribution < 1.29 is 23.5 Å². The summed E-state index contributed by atoms with van der Waals surface area (Å²) in [4.78, 5) is 46.2. The van der Waals surface area contributed by atoms with Crippen molar-refractivity contribution in [3.05, 3.63) is 139 Å². The number of furan rings is 1. The van der Waals surface area contributed by atoms with Crippen LogP contribution in [-0.2, 0) is 14.3 Å². The van der Waals surface area contributed by atoms with Gasteiger partial charge in [0.1, 0.15) is 11.5 Å². The molecule has 1 atom stereocenters. The van der Waals surface area contributed by atoms with Crippen LogP contribution in [-0.4, -0.2) is 36.5 Å². The zero-order valence-electron chi connectivity index (χ0n) is 24.7. The highest BCUT2D eigenvalue weighted by atomic mass is 32.2. The summed E-state index contributed by atoms with van der Waals surface area (Å²) in [6.45, 7) is 1.93. The van der Waals surface area contributed by atoms with Crippen LogP contribution in [0, 0.1) is 0 Å². The summed E-state index contributed by atoms with van der Waals surface area (Å²) in [6.07, 6.45) is 3.66. The van der Waals surface area contributed by atoms with Crippen molar-refractivity contribution in [1.29, 1.82) is 0 Å². The quantitative estimate of drug-likeness (QED) is 0.159. The topological polar surface area (TPSA) is 100 Å². The van der Waals surface area contributed by atoms with Gasteiger partial charge in [-0.2, -0.15) is 0 Å². The highest BCUT2D eigenvalue weighted by Gasteiger charge is 2.35. The normalized spacial score (nSPS) is 14.6. The number of nitrogens with zero attached hydrogens (tertiary/aromatic N) is 2. The third kappa shape index (κ3) is 5.94. The molecule has 8 nitrogen and oxygen atoms in total. The zero-order valence-corrected chi connectivity index (χ0v) is 26.3. The van der Waals surface area contributed by atoms with Gasteiger partial charge in [-0.25, -0.2) is 14.6 Å². The average Bonchev–Trinajstić information content (AvgIpc) is 3.68. The van der Waals surface area contributed by atoms with E-state index in [4.69, 9.17) is 18.9 Å². The van der Waals surface area contributed by atoms with Gasteiger partial charge < -0.3 is 13.9 Å². The first kappa shape index (κ1) is 30.1. The first-order valence-corrected chi connectivity index (χ1v) is 16.2. The van der Waals surface area contributed by atoms with Gasteiger partial charge >= 0.3 is 11.9 Å². The highest BCUT2D eigenvalue weighted by Crippen LogP contribution is 2.35. The van der Waals surface area contributed by atoms with Crippen molar-refractivity contribution in [3.63, 3.8) is 0 Å². The van der Waals surface area contributed by atoms with E-state index >= 15 is 0 Å². The lowest BCUT2D eigenvalue weighted by Crippen LogP contribution is -2.40. The number of aromatic nitrogens is 1. The monoisotopic (exact) mass is 636 g/mol. The number of hydrogen-bond donors (Lipinski definition) is 0. The Hall–Kier alpha value is -4.93. The maximum atomic E-state index is 14.1. The maximum absolute atomic E-state index is 14.1. The second-order valence-electron chi connectivity index (χ2n) is 9.98. The number of methoxy groups -OCH3 is 1. The minimum absolute atomic E-state index is 0.177. The molecule has 5 aromatic rings. The van der Waals surface area contributed by atoms with Crippen LogP contribution in [0.2, 0.25) is 0 Å². The van der Waals surface area contributed by atoms with Gasteiger partial charge in [0, 0.05) is 22.1 Å². The lowest BCUT2D eigenvalue weighted by atomic mass is 9.93. The standard InChI is InChI=1S/C35H28N2O6S2/c1-4-42-34(40)29-30(21-9-6-5-7-10-21)36-35-37(31(29)22-13-16-26(44-3)17-14-22)32(38)28(45-35)20-25-15-18-27(43-25)23-11-8-12-24(19-23)33(39)41-2/h5-20,31H,4H2,1-3H3/b28-20-/t31-/m0/s1. The van der Waals surface area contributed by atoms with Crippen LogP contribution in [0.25, 0.3) is 23.1 Å². The van der Waals surface area contributed by atoms with Crippen molar-refractivity contribution in [3.8, 4) is 11.3 Å². The molecule has 1 aliphatic heterocycles. The molecule has 0 fully saturated rings. The Kier molecular flexibility index (Phi) is 8.68. The number of thiazole rings is 1. The molecule has 6 rings (SSSR count). The number of benzene rings is 3. The molecule has 3 aromatic carbocycles. The number of thioether (sulfide) groups is 1. The molecule has 0 bridgehead atoms. The molecule has 2 aromatic heterocycles. The molecule has 0 unspecified atom stereocenters. The van der Waals surface area contributed by atoms with Crippen LogP contribution in [0.3, 0.4) is 0 Å². The molecular formula is C35H28N2O6S2. The third-order valence-corrected chi connectivity index (χ3v) is 9.00. The van der Waals surface area contributed by atoms with E-state index in [1.807, 2.05) is 66.9 Å². The molecule has 3 heterocycles. The van der Waals surface area contributed by atoms with Crippen LogP contribution in [0.1, 0.15) is 40.2 Å². The molecule has 0 spiro atoms. The lowest BCUT2D eigenvalue weighted by Gasteiger charge is -2.26. The summed E-state index contributed by atoms with van der Waals surface area (Å²) in [5.74, 6) is 0.00706. The molecule has 0 saturated carbocycles. The van der Waals surface area contributed by atoms with E-state index in [9.17, 15) is 14.4 Å². The number of carbonyl (C=O) groups is 2. The molecule has 226 valence electrons. The summed E-state index contributed by atoms with van der Waals surface area (Å²) in [5.41, 5.74) is 3.05. The number of rotatable bonds is 8. The van der Waals surface area contributed by atoms with E-state index in [1.54, 1.807) is 59.7 Å². The largest absolute Gasteiger partial charge is 0.465 e. The molecule has 0 amide bonds. The van der Waals surface area contributed by atoms with Gasteiger partial charge in [0.05, 0.1) is 41.1 Å². The number of fused-ring (bicyclic) bond motifs is 1. The fourth-order valence-electron chi connectivity index (χ4n) is 5.17. The summed E-state index contributed by atoms with van der Waals surface area (Å²) in [5, 5.41) is 0. The lowest BCUT2D eigenvalue weighted by molar-refractivity contribution is -0.138. The maximum Gasteiger partial charge on any atom is 0.338 e. The first-order valence-electron chi connectivity index (χ1n) is 14.1. The Morgan fingerprint density at radius 1 is 0.978 bits per heavy atom. The Labute approximate surface area is 267 Å². The first-order chi connectivity index (χ1) is 21.9. The van der Waals surface area contributed by atoms with Crippen molar-refractivity contribution >= 4 is 46.8 Å². The average molecular weight is 637 g/mol. The third-order valence-electron chi connectivity index (χ3n) is 7.27. The van der Waals surface area contributed by atoms with Crippen LogP contribution in [0.5, 0.6) is 0 Å². The van der Waals surface area contributed by atoms with E-state index in [1.165, 1.54) is 18.4 Å². The predicted molar refractivity (Wildman–Crippen MR) is 175 cm³/mol. The molecule has 10 heteroatoms. The zero-order chi connectivity index (χ0) is 31.5. The van der Waals surface area contributed by atoms with Crippen molar-refractivity contribution in [2.24, 2.45) is 4.99 Å². The Bertz CT molecular complexity index is 2110. The molecule has 0 N–H and O–H groups in total. The Morgan fingerprint density at radius 2 is 1.73 bits per heavy atom. The van der Waals surface area contributed by atoms with Gasteiger partial charge in [0.2, 0.25) is 0 Å². The van der Waals surface area contributed by atoms with Gasteiger partial charge in [0.15, 0.2) is 4.80 Å². The molecule has 1 aliphatic rings. The van der Waals surface area contributed by atoms with Crippen LogP contribution < -0.4 is 14.9 Å². The van der Waals surface area contributed by atoms with Gasteiger partial charge in [-0.1, -0.05) is 65.9 Å². The van der Waals surface area contributed by atoms with Crippen LogP contribution in [0.15, 0.2) is 116 Å². The molecular weight excluding hydrogens is 609 g/mol. The second kappa shape index (κ2) is 13.0. The van der Waals surface area contributed by atoms with Gasteiger partial charge in [-0.15, -0.1) is 11.8 Å². The Morgan fingerprint density at radius 3 is 2.44 bits per heavy atom. The molecule has 45 heavy (non-hydrogen) atoms. The Balaban J connectivity index is 1.52. The van der Waals surface area contributed by atoms with E-state index in [0.29, 0.717) is 43.3 Å². The van der Waals surface area contributed by atoms with Gasteiger partial charge in [-0.3, -0.25) is 9.36 Å². The summed E-state index contributed by atoms with van der Waals surface area (Å²) in [6, 6.07) is 27.0. The minimum Gasteiger partial charge on any atom is -0.465 e. The van der Waals surface area contributed by atoms with Gasteiger partial charge in [0.25, 0.3) is 5.56 Å². The van der Waals surface area contributed by atoms with E-state index in [0.717, 1.165) is 16.0 Å².